The third-order valence-electron chi connectivity index (χ3n) is 3.22. The van der Waals surface area contributed by atoms with Crippen LogP contribution in [0.2, 0.25) is 0 Å². The first-order valence-electron chi connectivity index (χ1n) is 5.63. The molecule has 0 radical (unpaired) electrons. The van der Waals surface area contributed by atoms with E-state index in [0.29, 0.717) is 0 Å². The van der Waals surface area contributed by atoms with Crippen LogP contribution in [0.1, 0.15) is 13.8 Å². The molecule has 0 aromatic rings. The van der Waals surface area contributed by atoms with Crippen LogP contribution in [0.5, 0.6) is 0 Å². The number of nitrogens with zero attached hydrogens (tertiary/aromatic N) is 2. The van der Waals surface area contributed by atoms with Gasteiger partial charge in [-0.2, -0.15) is 0 Å². The quantitative estimate of drug-likeness (QED) is 0.708. The Balaban J connectivity index is 2.23. The molecule has 3 nitrogen and oxygen atoms in total. The Kier molecular flexibility index (Phi) is 5.53. The number of alkyl halides is 1. The number of hydrogen-bond donors (Lipinski definition) is 0. The van der Waals surface area contributed by atoms with Crippen molar-refractivity contribution in [3.05, 3.63) is 0 Å². The van der Waals surface area contributed by atoms with Crippen molar-refractivity contribution in [2.45, 2.75) is 19.4 Å². The van der Waals surface area contributed by atoms with Crippen LogP contribution in [0.25, 0.3) is 0 Å². The topological polar surface area (TPSA) is 15.7 Å². The summed E-state index contributed by atoms with van der Waals surface area (Å²) in [4.78, 5) is 4.89. The number of ether oxygens (including phenoxy) is 1. The summed E-state index contributed by atoms with van der Waals surface area (Å²) < 4.78 is 5.33. The number of rotatable bonds is 5. The Morgan fingerprint density at radius 1 is 1.33 bits per heavy atom. The van der Waals surface area contributed by atoms with E-state index in [1.165, 1.54) is 0 Å². The van der Waals surface area contributed by atoms with Crippen LogP contribution in [-0.4, -0.2) is 67.1 Å². The van der Waals surface area contributed by atoms with Gasteiger partial charge in [0.2, 0.25) is 0 Å². The SMILES string of the molecule is CN(CCN1CCOCC1)C(C)(C)CBr. The molecule has 1 saturated heterocycles. The molecular formula is C11H23BrN2O. The van der Waals surface area contributed by atoms with Crippen molar-refractivity contribution < 1.29 is 4.74 Å². The largest absolute Gasteiger partial charge is 0.379 e. The monoisotopic (exact) mass is 278 g/mol. The molecule has 1 aliphatic heterocycles. The molecule has 0 unspecified atom stereocenters. The molecular weight excluding hydrogens is 256 g/mol. The zero-order valence-corrected chi connectivity index (χ0v) is 11.7. The number of likely N-dealkylation sites (N-methyl/N-ethyl adjacent to an activating group) is 1. The van der Waals surface area contributed by atoms with Gasteiger partial charge >= 0.3 is 0 Å². The highest BCUT2D eigenvalue weighted by Crippen LogP contribution is 2.14. The van der Waals surface area contributed by atoms with Crippen LogP contribution in [0.4, 0.5) is 0 Å². The Bertz CT molecular complexity index is 181. The van der Waals surface area contributed by atoms with Crippen LogP contribution < -0.4 is 0 Å². The second kappa shape index (κ2) is 6.18. The molecule has 0 aliphatic carbocycles. The molecule has 0 atom stereocenters. The molecule has 90 valence electrons. The summed E-state index contributed by atoms with van der Waals surface area (Å²) in [7, 11) is 2.20. The molecule has 0 bridgehead atoms. The van der Waals surface area contributed by atoms with Gasteiger partial charge in [0.25, 0.3) is 0 Å². The molecule has 15 heavy (non-hydrogen) atoms. The minimum Gasteiger partial charge on any atom is -0.379 e. The first kappa shape index (κ1) is 13.4. The fraction of sp³-hybridized carbons (Fsp3) is 1.00. The second-order valence-corrected chi connectivity index (χ2v) is 5.38. The van der Waals surface area contributed by atoms with Crippen LogP contribution in [-0.2, 0) is 4.74 Å². The first-order chi connectivity index (χ1) is 7.06. The van der Waals surface area contributed by atoms with Gasteiger partial charge in [0.15, 0.2) is 0 Å². The molecule has 1 heterocycles. The molecule has 1 rings (SSSR count). The van der Waals surface area contributed by atoms with Crippen LogP contribution in [0.3, 0.4) is 0 Å². The Hall–Kier alpha value is 0.360. The summed E-state index contributed by atoms with van der Waals surface area (Å²) in [5.74, 6) is 0. The Labute approximate surface area is 102 Å². The zero-order chi connectivity index (χ0) is 11.3. The van der Waals surface area contributed by atoms with Crippen molar-refractivity contribution in [1.29, 1.82) is 0 Å². The molecule has 0 N–H and O–H groups in total. The van der Waals surface area contributed by atoms with Crippen molar-refractivity contribution in [2.24, 2.45) is 0 Å². The van der Waals surface area contributed by atoms with Gasteiger partial charge in [-0.05, 0) is 20.9 Å². The van der Waals surface area contributed by atoms with E-state index in [2.05, 4.69) is 46.6 Å². The van der Waals surface area contributed by atoms with E-state index in [1.807, 2.05) is 0 Å². The van der Waals surface area contributed by atoms with E-state index in [9.17, 15) is 0 Å². The molecule has 0 saturated carbocycles. The van der Waals surface area contributed by atoms with Crippen LogP contribution >= 0.6 is 15.9 Å². The maximum absolute atomic E-state index is 5.33. The summed E-state index contributed by atoms with van der Waals surface area (Å²) in [6.07, 6.45) is 0. The third-order valence-corrected chi connectivity index (χ3v) is 4.59. The molecule has 0 amide bonds. The van der Waals surface area contributed by atoms with Gasteiger partial charge in [0.05, 0.1) is 13.2 Å². The molecule has 0 aromatic heterocycles. The van der Waals surface area contributed by atoms with E-state index < -0.39 is 0 Å². The highest BCUT2D eigenvalue weighted by Gasteiger charge is 2.22. The highest BCUT2D eigenvalue weighted by molar-refractivity contribution is 9.09. The predicted octanol–water partition coefficient (Wildman–Crippen LogP) is 1.42. The van der Waals surface area contributed by atoms with Crippen molar-refractivity contribution in [1.82, 2.24) is 9.80 Å². The van der Waals surface area contributed by atoms with E-state index in [0.717, 1.165) is 44.7 Å². The fourth-order valence-corrected chi connectivity index (χ4v) is 1.95. The van der Waals surface area contributed by atoms with Crippen molar-refractivity contribution >= 4 is 15.9 Å². The third kappa shape index (κ3) is 4.39. The van der Waals surface area contributed by atoms with Gasteiger partial charge in [0.1, 0.15) is 0 Å². The van der Waals surface area contributed by atoms with Gasteiger partial charge in [-0.15, -0.1) is 0 Å². The normalized spacial score (nSPS) is 19.8. The second-order valence-electron chi connectivity index (χ2n) is 4.82. The maximum atomic E-state index is 5.33. The van der Waals surface area contributed by atoms with E-state index >= 15 is 0 Å². The van der Waals surface area contributed by atoms with Crippen molar-refractivity contribution in [2.75, 3.05) is 51.8 Å². The van der Waals surface area contributed by atoms with E-state index in [4.69, 9.17) is 4.74 Å². The van der Waals surface area contributed by atoms with Crippen LogP contribution in [0.15, 0.2) is 0 Å². The Morgan fingerprint density at radius 3 is 2.47 bits per heavy atom. The number of hydrogen-bond acceptors (Lipinski definition) is 3. The number of morpholine rings is 1. The lowest BCUT2D eigenvalue weighted by Crippen LogP contribution is -2.47. The lowest BCUT2D eigenvalue weighted by atomic mass is 10.1. The minimum absolute atomic E-state index is 0.242. The summed E-state index contributed by atoms with van der Waals surface area (Å²) in [6.45, 7) is 10.8. The predicted molar refractivity (Wildman–Crippen MR) is 67.8 cm³/mol. The first-order valence-corrected chi connectivity index (χ1v) is 6.76. The van der Waals surface area contributed by atoms with Gasteiger partial charge in [0, 0.05) is 37.0 Å². The van der Waals surface area contributed by atoms with Crippen molar-refractivity contribution in [3.63, 3.8) is 0 Å². The summed E-state index contributed by atoms with van der Waals surface area (Å²) in [6, 6.07) is 0. The lowest BCUT2D eigenvalue weighted by molar-refractivity contribution is 0.0302. The average Bonchev–Trinajstić information content (AvgIpc) is 2.27. The summed E-state index contributed by atoms with van der Waals surface area (Å²) in [5, 5.41) is 1.01. The summed E-state index contributed by atoms with van der Waals surface area (Å²) >= 11 is 3.56. The zero-order valence-electron chi connectivity index (χ0n) is 10.1. The molecule has 0 spiro atoms. The molecule has 0 aromatic carbocycles. The fourth-order valence-electron chi connectivity index (χ4n) is 1.52. The average molecular weight is 279 g/mol. The minimum atomic E-state index is 0.242. The number of halogens is 1. The molecule has 1 fully saturated rings. The Morgan fingerprint density at radius 2 is 1.93 bits per heavy atom. The van der Waals surface area contributed by atoms with Gasteiger partial charge in [-0.25, -0.2) is 0 Å². The van der Waals surface area contributed by atoms with E-state index in [1.54, 1.807) is 0 Å². The highest BCUT2D eigenvalue weighted by atomic mass is 79.9. The van der Waals surface area contributed by atoms with Gasteiger partial charge in [-0.1, -0.05) is 15.9 Å². The molecule has 1 aliphatic rings. The van der Waals surface area contributed by atoms with Crippen LogP contribution in [0, 0.1) is 0 Å². The molecule has 4 heteroatoms. The van der Waals surface area contributed by atoms with Crippen molar-refractivity contribution in [3.8, 4) is 0 Å². The van der Waals surface area contributed by atoms with Gasteiger partial charge < -0.3 is 4.74 Å². The smallest absolute Gasteiger partial charge is 0.0594 e. The maximum Gasteiger partial charge on any atom is 0.0594 e. The summed E-state index contributed by atoms with van der Waals surface area (Å²) in [5.41, 5.74) is 0.242. The lowest BCUT2D eigenvalue weighted by Gasteiger charge is -2.36. The van der Waals surface area contributed by atoms with E-state index in [-0.39, 0.29) is 5.54 Å². The standard InChI is InChI=1S/C11H23BrN2O/c1-11(2,10-12)13(3)4-5-14-6-8-15-9-7-14/h4-10H2,1-3H3. The van der Waals surface area contributed by atoms with Gasteiger partial charge in [-0.3, -0.25) is 9.80 Å².